The van der Waals surface area contributed by atoms with Crippen LogP contribution in [0.4, 0.5) is 0 Å². The van der Waals surface area contributed by atoms with Gasteiger partial charge in [0.05, 0.1) is 12.2 Å². The van der Waals surface area contributed by atoms with E-state index >= 15 is 0 Å². The van der Waals surface area contributed by atoms with Crippen LogP contribution >= 0.6 is 11.6 Å². The van der Waals surface area contributed by atoms with E-state index in [9.17, 15) is 4.79 Å². The number of alkyl halides is 1. The van der Waals surface area contributed by atoms with Gasteiger partial charge in [0, 0.05) is 12.4 Å². The number of rotatable bonds is 3. The van der Waals surface area contributed by atoms with Crippen LogP contribution in [0.1, 0.15) is 11.3 Å². The van der Waals surface area contributed by atoms with Gasteiger partial charge in [0.25, 0.3) is 0 Å². The van der Waals surface area contributed by atoms with Gasteiger partial charge in [-0.05, 0) is 24.6 Å². The number of halogens is 1. The monoisotopic (exact) mass is 237 g/mol. The zero-order chi connectivity index (χ0) is 11.5. The summed E-state index contributed by atoms with van der Waals surface area (Å²) in [4.78, 5) is 15.4. The van der Waals surface area contributed by atoms with Crippen LogP contribution in [0.2, 0.25) is 0 Å². The molecule has 2 heterocycles. The Morgan fingerprint density at radius 3 is 3.19 bits per heavy atom. The van der Waals surface area contributed by atoms with Crippen molar-refractivity contribution in [1.29, 1.82) is 0 Å². The molecule has 1 N–H and O–H groups in total. The molecule has 0 aliphatic carbocycles. The summed E-state index contributed by atoms with van der Waals surface area (Å²) in [6.45, 7) is 2.43. The first-order valence-electron chi connectivity index (χ1n) is 4.96. The van der Waals surface area contributed by atoms with Crippen LogP contribution in [0, 0.1) is 6.92 Å². The van der Waals surface area contributed by atoms with E-state index in [1.807, 2.05) is 35.9 Å². The summed E-state index contributed by atoms with van der Waals surface area (Å²) in [6.07, 6.45) is 3.84. The van der Waals surface area contributed by atoms with Crippen molar-refractivity contribution >= 4 is 23.2 Å². The molecule has 5 heteroatoms. The Labute approximate surface area is 98.2 Å². The number of aromatic nitrogens is 2. The normalized spacial score (nSPS) is 10.6. The number of hydrogen-bond acceptors (Lipinski definition) is 2. The van der Waals surface area contributed by atoms with Crippen molar-refractivity contribution in [3.63, 3.8) is 0 Å². The molecule has 0 aromatic carbocycles. The van der Waals surface area contributed by atoms with E-state index in [1.165, 1.54) is 0 Å². The van der Waals surface area contributed by atoms with Crippen LogP contribution in [-0.4, -0.2) is 21.2 Å². The molecular formula is C11H12ClN3O. The highest BCUT2D eigenvalue weighted by Crippen LogP contribution is 2.07. The highest BCUT2D eigenvalue weighted by Gasteiger charge is 2.03. The van der Waals surface area contributed by atoms with Gasteiger partial charge in [0.1, 0.15) is 11.5 Å². The molecule has 16 heavy (non-hydrogen) atoms. The van der Waals surface area contributed by atoms with Gasteiger partial charge >= 0.3 is 0 Å². The standard InChI is InChI=1S/C11H12ClN3O/c1-8-2-3-15-7-9(14-10(15)4-8)6-13-11(16)5-12/h2-4,7H,5-6H2,1H3,(H,13,16). The maximum atomic E-state index is 11.0. The van der Waals surface area contributed by atoms with Gasteiger partial charge in [-0.15, -0.1) is 11.6 Å². The lowest BCUT2D eigenvalue weighted by atomic mass is 10.3. The predicted molar refractivity (Wildman–Crippen MR) is 62.5 cm³/mol. The van der Waals surface area contributed by atoms with Crippen LogP contribution in [-0.2, 0) is 11.3 Å². The average molecular weight is 238 g/mol. The van der Waals surface area contributed by atoms with Gasteiger partial charge in [-0.25, -0.2) is 4.98 Å². The summed E-state index contributed by atoms with van der Waals surface area (Å²) in [5.74, 6) is -0.207. The highest BCUT2D eigenvalue weighted by atomic mass is 35.5. The second kappa shape index (κ2) is 4.53. The molecule has 84 valence electrons. The van der Waals surface area contributed by atoms with Gasteiger partial charge in [-0.1, -0.05) is 0 Å². The maximum Gasteiger partial charge on any atom is 0.235 e. The fourth-order valence-electron chi connectivity index (χ4n) is 1.46. The molecule has 0 spiro atoms. The summed E-state index contributed by atoms with van der Waals surface area (Å²) < 4.78 is 1.93. The van der Waals surface area contributed by atoms with Gasteiger partial charge in [-0.3, -0.25) is 4.79 Å². The Bertz CT molecular complexity index is 521. The second-order valence-electron chi connectivity index (χ2n) is 3.61. The first-order chi connectivity index (χ1) is 7.69. The number of pyridine rings is 1. The van der Waals surface area contributed by atoms with Gasteiger partial charge in [0.2, 0.25) is 5.91 Å². The summed E-state index contributed by atoms with van der Waals surface area (Å²) in [5.41, 5.74) is 2.87. The Kier molecular flexibility index (Phi) is 3.10. The van der Waals surface area contributed by atoms with Crippen LogP contribution < -0.4 is 5.32 Å². The highest BCUT2D eigenvalue weighted by molar-refractivity contribution is 6.27. The van der Waals surface area contributed by atoms with Crippen molar-refractivity contribution in [1.82, 2.24) is 14.7 Å². The number of hydrogen-bond donors (Lipinski definition) is 1. The van der Waals surface area contributed by atoms with Gasteiger partial charge in [0.15, 0.2) is 0 Å². The number of aryl methyl sites for hydroxylation is 1. The second-order valence-corrected chi connectivity index (χ2v) is 3.88. The molecule has 0 atom stereocenters. The lowest BCUT2D eigenvalue weighted by molar-refractivity contribution is -0.118. The van der Waals surface area contributed by atoms with Crippen LogP contribution in [0.15, 0.2) is 24.5 Å². The first kappa shape index (κ1) is 11.0. The topological polar surface area (TPSA) is 46.4 Å². The summed E-state index contributed by atoms with van der Waals surface area (Å²) in [5, 5.41) is 2.68. The Balaban J connectivity index is 2.16. The van der Waals surface area contributed by atoms with E-state index in [4.69, 9.17) is 11.6 Å². The molecule has 2 rings (SSSR count). The number of carbonyl (C=O) groups is 1. The fourth-order valence-corrected chi connectivity index (χ4v) is 1.55. The van der Waals surface area contributed by atoms with Gasteiger partial charge < -0.3 is 9.72 Å². The average Bonchev–Trinajstić information content (AvgIpc) is 2.67. The third-order valence-electron chi connectivity index (χ3n) is 2.25. The number of nitrogens with zero attached hydrogens (tertiary/aromatic N) is 2. The number of fused-ring (bicyclic) bond motifs is 1. The van der Waals surface area contributed by atoms with Crippen LogP contribution in [0.25, 0.3) is 5.65 Å². The van der Waals surface area contributed by atoms with E-state index in [0.717, 1.165) is 16.9 Å². The summed E-state index contributed by atoms with van der Waals surface area (Å²) in [7, 11) is 0. The van der Waals surface area contributed by atoms with Crippen molar-refractivity contribution in [2.45, 2.75) is 13.5 Å². The Morgan fingerprint density at radius 2 is 2.44 bits per heavy atom. The van der Waals surface area contributed by atoms with E-state index in [0.29, 0.717) is 6.54 Å². The van der Waals surface area contributed by atoms with Crippen molar-refractivity contribution in [3.05, 3.63) is 35.8 Å². The van der Waals surface area contributed by atoms with E-state index in [2.05, 4.69) is 10.3 Å². The molecule has 0 radical (unpaired) electrons. The lowest BCUT2D eigenvalue weighted by Crippen LogP contribution is -2.23. The van der Waals surface area contributed by atoms with Crippen molar-refractivity contribution in [3.8, 4) is 0 Å². The molecule has 0 bridgehead atoms. The largest absolute Gasteiger partial charge is 0.349 e. The van der Waals surface area contributed by atoms with Crippen molar-refractivity contribution in [2.24, 2.45) is 0 Å². The third kappa shape index (κ3) is 2.33. The van der Waals surface area contributed by atoms with Gasteiger partial charge in [-0.2, -0.15) is 0 Å². The summed E-state index contributed by atoms with van der Waals surface area (Å²) in [6, 6.07) is 4.00. The zero-order valence-electron chi connectivity index (χ0n) is 8.90. The first-order valence-corrected chi connectivity index (χ1v) is 5.49. The number of carbonyl (C=O) groups excluding carboxylic acids is 1. The molecule has 0 fully saturated rings. The van der Waals surface area contributed by atoms with E-state index < -0.39 is 0 Å². The third-order valence-corrected chi connectivity index (χ3v) is 2.50. The molecule has 0 saturated carbocycles. The van der Waals surface area contributed by atoms with Crippen molar-refractivity contribution < 1.29 is 4.79 Å². The van der Waals surface area contributed by atoms with Crippen LogP contribution in [0.3, 0.4) is 0 Å². The molecule has 0 saturated heterocycles. The van der Waals surface area contributed by atoms with Crippen LogP contribution in [0.5, 0.6) is 0 Å². The predicted octanol–water partition coefficient (Wildman–Crippen LogP) is 1.50. The minimum absolute atomic E-state index is 0.0213. The number of amides is 1. The number of imidazole rings is 1. The Hall–Kier alpha value is -1.55. The summed E-state index contributed by atoms with van der Waals surface area (Å²) >= 11 is 5.38. The molecule has 0 aliphatic heterocycles. The van der Waals surface area contributed by atoms with E-state index in [1.54, 1.807) is 0 Å². The quantitative estimate of drug-likeness (QED) is 0.823. The zero-order valence-corrected chi connectivity index (χ0v) is 9.66. The molecule has 2 aromatic rings. The van der Waals surface area contributed by atoms with E-state index in [-0.39, 0.29) is 11.8 Å². The lowest BCUT2D eigenvalue weighted by Gasteiger charge is -1.97. The molecule has 1 amide bonds. The molecule has 4 nitrogen and oxygen atoms in total. The fraction of sp³-hybridized carbons (Fsp3) is 0.273. The molecular weight excluding hydrogens is 226 g/mol. The smallest absolute Gasteiger partial charge is 0.235 e. The number of nitrogens with one attached hydrogen (secondary N) is 1. The minimum atomic E-state index is -0.185. The molecule has 0 aliphatic rings. The SMILES string of the molecule is Cc1ccn2cc(CNC(=O)CCl)nc2c1. The minimum Gasteiger partial charge on any atom is -0.349 e. The molecule has 0 unspecified atom stereocenters. The molecule has 2 aromatic heterocycles. The maximum absolute atomic E-state index is 11.0. The Morgan fingerprint density at radius 1 is 1.62 bits per heavy atom. The van der Waals surface area contributed by atoms with Crippen molar-refractivity contribution in [2.75, 3.05) is 5.88 Å².